The zero-order chi connectivity index (χ0) is 61.9. The van der Waals surface area contributed by atoms with E-state index >= 15 is 0 Å². The van der Waals surface area contributed by atoms with Gasteiger partial charge in [-0.1, -0.05) is 345 Å². The van der Waals surface area contributed by atoms with Crippen LogP contribution in [0.25, 0.3) is 0 Å². The second kappa shape index (κ2) is 67.2. The summed E-state index contributed by atoms with van der Waals surface area (Å²) < 4.78 is 22.8. The highest BCUT2D eigenvalue weighted by Gasteiger charge is 2.22. The first kappa shape index (κ1) is 82.2. The standard InChI is InChI=1S/C76H141NO8/c1-6-8-10-12-14-16-18-20-22-24-26-28-30-32-34-36-37-39-41-43-45-47-49-51-53-55-57-59-61-63-65-67-74(79)85-72(71-84-76(75(80)81)82-69-68-77(3,4)5)70-83-73(78)66-64-62-60-58-56-54-52-50-48-46-44-42-40-38-35-33-31-29-27-25-23-21-19-17-15-13-11-9-7-2/h8,10,14,16,20,22,26,28,72,76H,6-7,9,11-13,15,17-19,21,23-25,27,29-71H2,1-5H3/b10-8-,16-14-,22-20-,28-26-. The normalized spacial score (nSPS) is 12.9. The molecule has 0 spiro atoms. The van der Waals surface area contributed by atoms with E-state index in [-0.39, 0.29) is 32.2 Å². The number of allylic oxidation sites excluding steroid dienone is 8. The first-order valence-corrected chi connectivity index (χ1v) is 36.8. The molecule has 2 atom stereocenters. The van der Waals surface area contributed by atoms with E-state index in [1.165, 1.54) is 270 Å². The highest BCUT2D eigenvalue weighted by molar-refractivity contribution is 5.70. The van der Waals surface area contributed by atoms with Crippen molar-refractivity contribution in [1.29, 1.82) is 0 Å². The molecule has 9 heteroatoms. The summed E-state index contributed by atoms with van der Waals surface area (Å²) in [6, 6.07) is 0. The number of esters is 2. The maximum Gasteiger partial charge on any atom is 0.306 e. The number of unbranched alkanes of at least 4 members (excludes halogenated alkanes) is 46. The molecule has 2 unspecified atom stereocenters. The quantitative estimate of drug-likeness (QED) is 0.0195. The molecule has 85 heavy (non-hydrogen) atoms. The third-order valence-electron chi connectivity index (χ3n) is 16.6. The van der Waals surface area contributed by atoms with Gasteiger partial charge in [-0.2, -0.15) is 0 Å². The lowest BCUT2D eigenvalue weighted by Crippen LogP contribution is -2.44. The summed E-state index contributed by atoms with van der Waals surface area (Å²) in [5, 5.41) is 11.8. The number of hydrogen-bond donors (Lipinski definition) is 0. The summed E-state index contributed by atoms with van der Waals surface area (Å²) >= 11 is 0. The Hall–Kier alpha value is -2.75. The number of ether oxygens (including phenoxy) is 4. The van der Waals surface area contributed by atoms with Gasteiger partial charge in [0.2, 0.25) is 0 Å². The third kappa shape index (κ3) is 68.6. The number of quaternary nitrogens is 1. The molecule has 0 aliphatic heterocycles. The number of carbonyl (C=O) groups is 3. The molecule has 0 aliphatic rings. The first-order chi connectivity index (χ1) is 41.6. The number of carboxylic acids is 1. The Labute approximate surface area is 527 Å². The molecule has 0 aromatic heterocycles. The van der Waals surface area contributed by atoms with Gasteiger partial charge >= 0.3 is 11.9 Å². The van der Waals surface area contributed by atoms with E-state index in [0.29, 0.717) is 23.9 Å². The molecule has 0 aromatic rings. The lowest BCUT2D eigenvalue weighted by Gasteiger charge is -2.26. The van der Waals surface area contributed by atoms with Gasteiger partial charge < -0.3 is 33.3 Å². The molecule has 0 amide bonds. The van der Waals surface area contributed by atoms with Crippen LogP contribution >= 0.6 is 0 Å². The van der Waals surface area contributed by atoms with Crippen molar-refractivity contribution >= 4 is 17.9 Å². The van der Waals surface area contributed by atoms with Gasteiger partial charge in [0.05, 0.1) is 40.3 Å². The maximum atomic E-state index is 12.9. The summed E-state index contributed by atoms with van der Waals surface area (Å²) in [5.74, 6) is -2.25. The zero-order valence-corrected chi connectivity index (χ0v) is 57.0. The molecular formula is C76H141NO8. The molecular weight excluding hydrogens is 1050 g/mol. The minimum Gasteiger partial charge on any atom is -0.545 e. The van der Waals surface area contributed by atoms with Gasteiger partial charge in [0.1, 0.15) is 13.2 Å². The summed E-state index contributed by atoms with van der Waals surface area (Å²) in [6.07, 6.45) is 83.5. The topological polar surface area (TPSA) is 111 Å². The number of rotatable bonds is 69. The molecule has 498 valence electrons. The predicted octanol–water partition coefficient (Wildman–Crippen LogP) is 21.6. The van der Waals surface area contributed by atoms with E-state index in [2.05, 4.69) is 62.5 Å². The van der Waals surface area contributed by atoms with Gasteiger partial charge in [0.25, 0.3) is 0 Å². The Morgan fingerprint density at radius 1 is 0.365 bits per heavy atom. The van der Waals surface area contributed by atoms with E-state index in [9.17, 15) is 19.5 Å². The lowest BCUT2D eigenvalue weighted by atomic mass is 10.0. The Balaban J connectivity index is 4.03. The van der Waals surface area contributed by atoms with E-state index in [1.54, 1.807) is 0 Å². The largest absolute Gasteiger partial charge is 0.545 e. The Kier molecular flexibility index (Phi) is 65.0. The fourth-order valence-electron chi connectivity index (χ4n) is 11.0. The van der Waals surface area contributed by atoms with E-state index < -0.39 is 24.3 Å². The van der Waals surface area contributed by atoms with Gasteiger partial charge in [0.15, 0.2) is 12.4 Å². The SMILES string of the molecule is CC/C=C\C/C=C\C/C=C\C/C=C\CCCCCCCCCCCCCCCCCCCCC(=O)OC(COC(=O)CCCCCCCCCCCCCCCCCCCCCCCCCCCCCCC)COC(OCC[N+](C)(C)C)C(=O)[O-]. The van der Waals surface area contributed by atoms with Gasteiger partial charge in [-0.3, -0.25) is 9.59 Å². The van der Waals surface area contributed by atoms with Crippen molar-refractivity contribution in [1.82, 2.24) is 0 Å². The summed E-state index contributed by atoms with van der Waals surface area (Å²) in [5.41, 5.74) is 0. The van der Waals surface area contributed by atoms with Crippen LogP contribution in [0.4, 0.5) is 0 Å². The second-order valence-corrected chi connectivity index (χ2v) is 26.2. The van der Waals surface area contributed by atoms with Crippen LogP contribution in [0.2, 0.25) is 0 Å². The van der Waals surface area contributed by atoms with Crippen LogP contribution in [0.1, 0.15) is 361 Å². The number of hydrogen-bond acceptors (Lipinski definition) is 8. The Morgan fingerprint density at radius 3 is 1.00 bits per heavy atom. The lowest BCUT2D eigenvalue weighted by molar-refractivity contribution is -0.870. The highest BCUT2D eigenvalue weighted by Crippen LogP contribution is 2.19. The molecule has 0 aromatic carbocycles. The summed E-state index contributed by atoms with van der Waals surface area (Å²) in [7, 11) is 5.95. The number of likely N-dealkylation sites (N-methyl/N-ethyl adjacent to an activating group) is 1. The molecule has 0 aliphatic carbocycles. The Bertz CT molecular complexity index is 1530. The fraction of sp³-hybridized carbons (Fsp3) is 0.855. The first-order valence-electron chi connectivity index (χ1n) is 36.8. The Morgan fingerprint density at radius 2 is 0.671 bits per heavy atom. The molecule has 0 bridgehead atoms. The van der Waals surface area contributed by atoms with Crippen molar-refractivity contribution in [2.24, 2.45) is 0 Å². The molecule has 0 radical (unpaired) electrons. The van der Waals surface area contributed by atoms with Gasteiger partial charge in [-0.05, 0) is 51.4 Å². The predicted molar refractivity (Wildman–Crippen MR) is 362 cm³/mol. The average molecular weight is 1200 g/mol. The van der Waals surface area contributed by atoms with E-state index in [1.807, 2.05) is 21.1 Å². The second-order valence-electron chi connectivity index (χ2n) is 26.2. The minimum atomic E-state index is -1.62. The van der Waals surface area contributed by atoms with Crippen molar-refractivity contribution < 1.29 is 42.9 Å². The summed E-state index contributed by atoms with van der Waals surface area (Å²) in [6.45, 7) is 4.71. The number of carbonyl (C=O) groups excluding carboxylic acids is 3. The van der Waals surface area contributed by atoms with Gasteiger partial charge in [0, 0.05) is 12.8 Å². The monoisotopic (exact) mass is 1200 g/mol. The number of carboxylic acid groups (broad SMARTS) is 1. The third-order valence-corrected chi connectivity index (χ3v) is 16.6. The average Bonchev–Trinajstić information content (AvgIpc) is 3.49. The van der Waals surface area contributed by atoms with Crippen LogP contribution in [0.3, 0.4) is 0 Å². The van der Waals surface area contributed by atoms with Gasteiger partial charge in [-0.25, -0.2) is 0 Å². The molecule has 9 nitrogen and oxygen atoms in total. The van der Waals surface area contributed by atoms with Crippen LogP contribution in [0, 0.1) is 0 Å². The summed E-state index contributed by atoms with van der Waals surface area (Å²) in [4.78, 5) is 37.5. The number of nitrogens with zero attached hydrogens (tertiary/aromatic N) is 1. The van der Waals surface area contributed by atoms with Crippen molar-refractivity contribution in [2.75, 3.05) is 47.5 Å². The molecule has 0 saturated heterocycles. The number of aliphatic carboxylic acids is 1. The molecule has 0 fully saturated rings. The molecule has 0 heterocycles. The fourth-order valence-corrected chi connectivity index (χ4v) is 11.0. The minimum absolute atomic E-state index is 0.150. The van der Waals surface area contributed by atoms with Crippen molar-refractivity contribution in [3.63, 3.8) is 0 Å². The van der Waals surface area contributed by atoms with Crippen LogP contribution in [-0.2, 0) is 33.3 Å². The van der Waals surface area contributed by atoms with Crippen LogP contribution in [0.5, 0.6) is 0 Å². The van der Waals surface area contributed by atoms with Crippen molar-refractivity contribution in [3.8, 4) is 0 Å². The molecule has 0 rings (SSSR count). The van der Waals surface area contributed by atoms with Crippen molar-refractivity contribution in [2.45, 2.75) is 373 Å². The van der Waals surface area contributed by atoms with E-state index in [4.69, 9.17) is 18.9 Å². The highest BCUT2D eigenvalue weighted by atomic mass is 16.7. The maximum absolute atomic E-state index is 12.9. The van der Waals surface area contributed by atoms with Crippen LogP contribution in [0.15, 0.2) is 48.6 Å². The molecule has 0 saturated carbocycles. The van der Waals surface area contributed by atoms with Crippen LogP contribution in [-0.4, -0.2) is 82.3 Å². The molecule has 0 N–H and O–H groups in total. The smallest absolute Gasteiger partial charge is 0.306 e. The van der Waals surface area contributed by atoms with Crippen LogP contribution < -0.4 is 5.11 Å². The van der Waals surface area contributed by atoms with E-state index in [0.717, 1.165) is 57.8 Å². The zero-order valence-electron chi connectivity index (χ0n) is 57.0. The van der Waals surface area contributed by atoms with Crippen molar-refractivity contribution in [3.05, 3.63) is 48.6 Å². The van der Waals surface area contributed by atoms with Gasteiger partial charge in [-0.15, -0.1) is 0 Å².